The lowest BCUT2D eigenvalue weighted by Crippen LogP contribution is -2.39. The molecule has 1 aliphatic carbocycles. The molecule has 0 bridgehead atoms. The van der Waals surface area contributed by atoms with Crippen molar-refractivity contribution in [3.8, 4) is 6.07 Å². The maximum atomic E-state index is 14.3. The van der Waals surface area contributed by atoms with E-state index in [-0.39, 0.29) is 30.3 Å². The molecule has 160 valence electrons. The number of benzene rings is 1. The van der Waals surface area contributed by atoms with E-state index in [2.05, 4.69) is 15.3 Å². The molecule has 3 atom stereocenters. The Hall–Kier alpha value is -3.22. The number of aliphatic imine (C=N–C) groups is 1. The van der Waals surface area contributed by atoms with Gasteiger partial charge in [0, 0.05) is 41.1 Å². The van der Waals surface area contributed by atoms with Crippen LogP contribution in [0.2, 0.25) is 5.02 Å². The fourth-order valence-corrected chi connectivity index (χ4v) is 4.17. The van der Waals surface area contributed by atoms with Gasteiger partial charge in [-0.3, -0.25) is 4.79 Å². The fraction of sp³-hybridized carbons (Fsp3) is 0.333. The number of fused-ring (bicyclic) bond motifs is 1. The number of hydrogen-bond donors (Lipinski definition) is 2. The van der Waals surface area contributed by atoms with E-state index in [1.165, 1.54) is 13.3 Å². The molecule has 1 aromatic heterocycles. The van der Waals surface area contributed by atoms with Crippen LogP contribution in [0.25, 0.3) is 0 Å². The summed E-state index contributed by atoms with van der Waals surface area (Å²) in [7, 11) is 1.48. The Morgan fingerprint density at radius 3 is 3.03 bits per heavy atom. The number of amidine groups is 1. The number of amides is 1. The van der Waals surface area contributed by atoms with Gasteiger partial charge >= 0.3 is 0 Å². The number of nitrogens with zero attached hydrogens (tertiary/aromatic N) is 3. The molecule has 1 aromatic carbocycles. The van der Waals surface area contributed by atoms with Crippen molar-refractivity contribution < 1.29 is 18.7 Å². The topological polar surface area (TPSA) is 123 Å². The molecule has 2 aliphatic rings. The van der Waals surface area contributed by atoms with Gasteiger partial charge in [-0.1, -0.05) is 11.6 Å². The molecule has 1 saturated carbocycles. The number of hydrogen-bond acceptors (Lipinski definition) is 7. The molecule has 3 N–H and O–H groups in total. The van der Waals surface area contributed by atoms with E-state index in [9.17, 15) is 9.18 Å². The van der Waals surface area contributed by atoms with Crippen LogP contribution in [0, 0.1) is 17.2 Å². The van der Waals surface area contributed by atoms with E-state index >= 15 is 0 Å². The lowest BCUT2D eigenvalue weighted by atomic mass is 9.85. The summed E-state index contributed by atoms with van der Waals surface area (Å²) < 4.78 is 24.8. The van der Waals surface area contributed by atoms with E-state index in [0.29, 0.717) is 33.8 Å². The summed E-state index contributed by atoms with van der Waals surface area (Å²) in [6.07, 6.45) is 1.74. The monoisotopic (exact) mass is 443 g/mol. The Balaban J connectivity index is 1.67. The number of methoxy groups -OCH3 is 1. The SMILES string of the molecule is COCc1cc(C#N)cnc1C(=O)Nc1ccc(Cl)c([C@@]2(CF)N=C(N)O[C@@H]3C[C@@H]32)c1. The third-order valence-corrected chi connectivity index (χ3v) is 5.76. The summed E-state index contributed by atoms with van der Waals surface area (Å²) in [5.41, 5.74) is 6.23. The Kier molecular flexibility index (Phi) is 5.52. The number of aromatic nitrogens is 1. The van der Waals surface area contributed by atoms with Crippen molar-refractivity contribution in [3.05, 3.63) is 57.9 Å². The van der Waals surface area contributed by atoms with E-state index in [4.69, 9.17) is 32.1 Å². The molecule has 0 saturated heterocycles. The number of carbonyl (C=O) groups is 1. The predicted molar refractivity (Wildman–Crippen MR) is 111 cm³/mol. The number of nitrogens with one attached hydrogen (secondary N) is 1. The zero-order valence-corrected chi connectivity index (χ0v) is 17.3. The smallest absolute Gasteiger partial charge is 0.283 e. The summed E-state index contributed by atoms with van der Waals surface area (Å²) in [5.74, 6) is -0.680. The van der Waals surface area contributed by atoms with Crippen molar-refractivity contribution in [2.24, 2.45) is 16.6 Å². The third-order valence-electron chi connectivity index (χ3n) is 5.43. The standard InChI is InChI=1S/C21H19ClFN5O3/c1-30-9-12-4-11(7-24)8-26-18(12)19(29)27-13-2-3-16(22)14(5-13)21(10-23)15-6-17(15)31-20(25)28-21/h2-5,8,15,17H,6,9-10H2,1H3,(H2,25,28)(H,27,29)/t15-,17+,21+/m0/s1. The van der Waals surface area contributed by atoms with Crippen molar-refractivity contribution in [1.82, 2.24) is 4.98 Å². The first-order chi connectivity index (χ1) is 14.9. The van der Waals surface area contributed by atoms with E-state index in [0.717, 1.165) is 0 Å². The molecule has 2 aromatic rings. The maximum absolute atomic E-state index is 14.3. The highest BCUT2D eigenvalue weighted by Gasteiger charge is 2.59. The van der Waals surface area contributed by atoms with Crippen molar-refractivity contribution in [2.45, 2.75) is 24.7 Å². The highest BCUT2D eigenvalue weighted by molar-refractivity contribution is 6.31. The van der Waals surface area contributed by atoms with Gasteiger partial charge in [-0.2, -0.15) is 5.26 Å². The Morgan fingerprint density at radius 1 is 1.52 bits per heavy atom. The highest BCUT2D eigenvalue weighted by Crippen LogP contribution is 2.54. The number of pyridine rings is 1. The molecule has 10 heteroatoms. The molecular weight excluding hydrogens is 425 g/mol. The molecule has 1 amide bonds. The van der Waals surface area contributed by atoms with Crippen LogP contribution < -0.4 is 11.1 Å². The minimum atomic E-state index is -1.25. The molecule has 0 radical (unpaired) electrons. The Labute approximate surface area is 182 Å². The Bertz CT molecular complexity index is 1120. The van der Waals surface area contributed by atoms with E-state index < -0.39 is 18.1 Å². The van der Waals surface area contributed by atoms with Gasteiger partial charge < -0.3 is 20.5 Å². The summed E-state index contributed by atoms with van der Waals surface area (Å²) in [5, 5.41) is 12.1. The van der Waals surface area contributed by atoms with Gasteiger partial charge in [0.2, 0.25) is 0 Å². The molecule has 0 unspecified atom stereocenters. The van der Waals surface area contributed by atoms with Crippen molar-refractivity contribution in [1.29, 1.82) is 5.26 Å². The molecule has 1 fully saturated rings. The largest absolute Gasteiger partial charge is 0.462 e. The van der Waals surface area contributed by atoms with Gasteiger partial charge in [-0.15, -0.1) is 0 Å². The molecule has 2 heterocycles. The maximum Gasteiger partial charge on any atom is 0.283 e. The number of anilines is 1. The van der Waals surface area contributed by atoms with Gasteiger partial charge in [-0.05, 0) is 30.7 Å². The second-order valence-electron chi connectivity index (χ2n) is 7.43. The second-order valence-corrected chi connectivity index (χ2v) is 7.84. The minimum Gasteiger partial charge on any atom is -0.462 e. The number of nitriles is 1. The number of rotatable bonds is 6. The molecule has 31 heavy (non-hydrogen) atoms. The minimum absolute atomic E-state index is 0.0760. The highest BCUT2D eigenvalue weighted by atomic mass is 35.5. The predicted octanol–water partition coefficient (Wildman–Crippen LogP) is 2.90. The van der Waals surface area contributed by atoms with Gasteiger partial charge in [0.1, 0.15) is 30.1 Å². The molecular formula is C21H19ClFN5O3. The van der Waals surface area contributed by atoms with Crippen LogP contribution in [0.3, 0.4) is 0 Å². The molecule has 0 spiro atoms. The summed E-state index contributed by atoms with van der Waals surface area (Å²) in [6, 6.07) is 8.22. The normalized spacial score (nSPS) is 23.7. The molecule has 4 rings (SSSR count). The van der Waals surface area contributed by atoms with Gasteiger partial charge in [0.15, 0.2) is 0 Å². The zero-order chi connectivity index (χ0) is 22.2. The van der Waals surface area contributed by atoms with Crippen LogP contribution in [0.15, 0.2) is 35.5 Å². The third kappa shape index (κ3) is 3.80. The van der Waals surface area contributed by atoms with Gasteiger partial charge in [0.05, 0.1) is 12.2 Å². The quantitative estimate of drug-likeness (QED) is 0.707. The summed E-state index contributed by atoms with van der Waals surface area (Å²) in [6.45, 7) is -0.691. The fourth-order valence-electron chi connectivity index (χ4n) is 3.89. The van der Waals surface area contributed by atoms with Crippen molar-refractivity contribution in [2.75, 3.05) is 19.1 Å². The number of ether oxygens (including phenoxy) is 2. The molecule has 8 nitrogen and oxygen atoms in total. The average Bonchev–Trinajstić information content (AvgIpc) is 3.54. The van der Waals surface area contributed by atoms with Crippen molar-refractivity contribution >= 4 is 29.2 Å². The van der Waals surface area contributed by atoms with E-state index in [1.54, 1.807) is 24.3 Å². The lowest BCUT2D eigenvalue weighted by Gasteiger charge is -2.32. The Morgan fingerprint density at radius 2 is 2.32 bits per heavy atom. The average molecular weight is 444 g/mol. The summed E-state index contributed by atoms with van der Waals surface area (Å²) >= 11 is 6.39. The van der Waals surface area contributed by atoms with Crippen LogP contribution >= 0.6 is 11.6 Å². The summed E-state index contributed by atoms with van der Waals surface area (Å²) in [4.78, 5) is 21.2. The van der Waals surface area contributed by atoms with Gasteiger partial charge in [0.25, 0.3) is 11.9 Å². The first-order valence-corrected chi connectivity index (χ1v) is 9.87. The van der Waals surface area contributed by atoms with Crippen molar-refractivity contribution in [3.63, 3.8) is 0 Å². The van der Waals surface area contributed by atoms with Crippen LogP contribution in [0.5, 0.6) is 0 Å². The van der Waals surface area contributed by atoms with E-state index in [1.807, 2.05) is 6.07 Å². The first kappa shape index (κ1) is 21.0. The first-order valence-electron chi connectivity index (χ1n) is 9.49. The lowest BCUT2D eigenvalue weighted by molar-refractivity contribution is 0.101. The van der Waals surface area contributed by atoms with Crippen LogP contribution in [0.4, 0.5) is 10.1 Å². The zero-order valence-electron chi connectivity index (χ0n) is 16.6. The van der Waals surface area contributed by atoms with Crippen LogP contribution in [-0.2, 0) is 21.6 Å². The second kappa shape index (κ2) is 8.13. The molecule has 1 aliphatic heterocycles. The van der Waals surface area contributed by atoms with Gasteiger partial charge in [-0.25, -0.2) is 14.4 Å². The van der Waals surface area contributed by atoms with Crippen LogP contribution in [-0.4, -0.2) is 36.8 Å². The number of carbonyl (C=O) groups excluding carboxylic acids is 1. The number of alkyl halides is 1. The number of nitrogens with two attached hydrogens (primary N) is 1. The number of halogens is 2. The van der Waals surface area contributed by atoms with Crippen LogP contribution in [0.1, 0.15) is 33.6 Å².